The lowest BCUT2D eigenvalue weighted by Gasteiger charge is -2.51. The summed E-state index contributed by atoms with van der Waals surface area (Å²) in [4.78, 5) is 38.5. The lowest BCUT2D eigenvalue weighted by atomic mass is 9.62. The fourth-order valence-electron chi connectivity index (χ4n) is 5.10. The van der Waals surface area contributed by atoms with Crippen LogP contribution in [-0.4, -0.2) is 61.4 Å². The smallest absolute Gasteiger partial charge is 0.278 e. The number of ether oxygens (including phenoxy) is 3. The maximum Gasteiger partial charge on any atom is 0.278 e. The number of carbonyl (C=O) groups is 3. The molecule has 0 radical (unpaired) electrons. The number of benzene rings is 1. The van der Waals surface area contributed by atoms with E-state index in [9.17, 15) is 19.5 Å². The second kappa shape index (κ2) is 6.66. The van der Waals surface area contributed by atoms with Crippen molar-refractivity contribution in [3.05, 3.63) is 41.0 Å². The van der Waals surface area contributed by atoms with Crippen molar-refractivity contribution >= 4 is 23.2 Å². The van der Waals surface area contributed by atoms with E-state index in [4.69, 9.17) is 14.2 Å². The number of amides is 2. The number of Topliss-reactive ketones (excluding diaryl/α,β-unsaturated/α-hetero) is 1. The molecule has 31 heavy (non-hydrogen) atoms. The van der Waals surface area contributed by atoms with E-state index in [2.05, 4.69) is 10.6 Å². The predicted octanol–water partition coefficient (Wildman–Crippen LogP) is 0.178. The van der Waals surface area contributed by atoms with E-state index in [1.807, 2.05) is 0 Å². The van der Waals surface area contributed by atoms with Gasteiger partial charge in [-0.25, -0.2) is 0 Å². The molecule has 0 bridgehead atoms. The van der Waals surface area contributed by atoms with Crippen molar-refractivity contribution in [2.45, 2.75) is 24.9 Å². The summed E-state index contributed by atoms with van der Waals surface area (Å²) in [5.74, 6) is -1.72. The third-order valence-electron chi connectivity index (χ3n) is 6.46. The van der Waals surface area contributed by atoms with Crippen molar-refractivity contribution in [1.29, 1.82) is 0 Å². The highest BCUT2D eigenvalue weighted by atomic mass is 16.5. The maximum atomic E-state index is 13.5. The SMILES string of the molecule is COc1cc(OC)c2c(c1)C1=CC3(NC(=O)CNC3=O)OC3C(C)=CC(O)C(C2=O)C13. The van der Waals surface area contributed by atoms with Crippen LogP contribution < -0.4 is 20.1 Å². The standard InChI is InChI=1S/C22H22N2O7/c1-9-4-13(25)18-17-12(7-22(31-20(9)17)21(28)23-8-15(26)24-22)11-5-10(29-2)6-14(30-3)16(11)19(18)27/h4-7,13,17-18,20,25H,8H2,1-3H3,(H,23,28)(H,24,26). The molecule has 3 N–H and O–H groups in total. The fourth-order valence-corrected chi connectivity index (χ4v) is 5.10. The highest BCUT2D eigenvalue weighted by Crippen LogP contribution is 2.53. The highest BCUT2D eigenvalue weighted by Gasteiger charge is 2.57. The van der Waals surface area contributed by atoms with Gasteiger partial charge in [0.2, 0.25) is 11.6 Å². The van der Waals surface area contributed by atoms with Gasteiger partial charge in [0.15, 0.2) is 5.78 Å². The Balaban J connectivity index is 1.81. The summed E-state index contributed by atoms with van der Waals surface area (Å²) >= 11 is 0. The molecule has 5 unspecified atom stereocenters. The van der Waals surface area contributed by atoms with Crippen LogP contribution in [0.1, 0.15) is 22.8 Å². The number of hydrogen-bond donors (Lipinski definition) is 3. The lowest BCUT2D eigenvalue weighted by Crippen LogP contribution is -2.69. The third kappa shape index (κ3) is 2.66. The number of rotatable bonds is 2. The Kier molecular flexibility index (Phi) is 4.25. The van der Waals surface area contributed by atoms with Gasteiger partial charge in [0, 0.05) is 12.0 Å². The maximum absolute atomic E-state index is 13.5. The van der Waals surface area contributed by atoms with E-state index in [1.165, 1.54) is 14.2 Å². The lowest BCUT2D eigenvalue weighted by molar-refractivity contribution is -0.166. The topological polar surface area (TPSA) is 123 Å². The molecule has 1 fully saturated rings. The second-order valence-electron chi connectivity index (χ2n) is 8.17. The van der Waals surface area contributed by atoms with Crippen LogP contribution in [0.15, 0.2) is 29.9 Å². The molecule has 9 heteroatoms. The second-order valence-corrected chi connectivity index (χ2v) is 8.17. The van der Waals surface area contributed by atoms with Crippen molar-refractivity contribution in [2.75, 3.05) is 20.8 Å². The van der Waals surface area contributed by atoms with Gasteiger partial charge in [0.05, 0.1) is 44.5 Å². The van der Waals surface area contributed by atoms with Crippen molar-refractivity contribution in [3.63, 3.8) is 0 Å². The number of aliphatic hydroxyl groups is 1. The number of hydrogen-bond acceptors (Lipinski definition) is 7. The van der Waals surface area contributed by atoms with E-state index in [-0.39, 0.29) is 18.2 Å². The average Bonchev–Trinajstić information content (AvgIpc) is 2.75. The minimum absolute atomic E-state index is 0.145. The Hall–Kier alpha value is -3.17. The summed E-state index contributed by atoms with van der Waals surface area (Å²) in [5, 5.41) is 16.0. The molecule has 5 rings (SSSR count). The molecule has 2 aliphatic carbocycles. The molecule has 1 aromatic carbocycles. The van der Waals surface area contributed by atoms with Gasteiger partial charge >= 0.3 is 0 Å². The van der Waals surface area contributed by atoms with Gasteiger partial charge in [0.1, 0.15) is 11.5 Å². The van der Waals surface area contributed by atoms with Crippen molar-refractivity contribution in [3.8, 4) is 11.5 Å². The molecule has 2 aliphatic heterocycles. The first-order valence-electron chi connectivity index (χ1n) is 9.96. The van der Waals surface area contributed by atoms with E-state index in [0.717, 1.165) is 0 Å². The summed E-state index contributed by atoms with van der Waals surface area (Å²) in [6.07, 6.45) is 1.41. The van der Waals surface area contributed by atoms with Crippen LogP contribution in [0, 0.1) is 11.8 Å². The largest absolute Gasteiger partial charge is 0.497 e. The minimum atomic E-state index is -1.72. The minimum Gasteiger partial charge on any atom is -0.497 e. The first-order chi connectivity index (χ1) is 14.8. The number of methoxy groups -OCH3 is 2. The predicted molar refractivity (Wildman–Crippen MR) is 107 cm³/mol. The number of piperazine rings is 1. The van der Waals surface area contributed by atoms with E-state index >= 15 is 0 Å². The molecule has 2 amide bonds. The first-order valence-corrected chi connectivity index (χ1v) is 9.96. The molecule has 0 aromatic heterocycles. The quantitative estimate of drug-likeness (QED) is 0.577. The number of carbonyl (C=O) groups excluding carboxylic acids is 3. The number of ketones is 1. The Morgan fingerprint density at radius 1 is 1.16 bits per heavy atom. The van der Waals surface area contributed by atoms with Crippen molar-refractivity contribution in [2.24, 2.45) is 11.8 Å². The monoisotopic (exact) mass is 426 g/mol. The van der Waals surface area contributed by atoms with Gasteiger partial charge < -0.3 is 30.0 Å². The molecule has 0 saturated carbocycles. The van der Waals surface area contributed by atoms with Crippen LogP contribution in [0.5, 0.6) is 11.5 Å². The summed E-state index contributed by atoms with van der Waals surface area (Å²) < 4.78 is 17.0. The Bertz CT molecular complexity index is 1090. The van der Waals surface area contributed by atoms with Crippen LogP contribution in [0.2, 0.25) is 0 Å². The van der Waals surface area contributed by atoms with Crippen LogP contribution in [0.25, 0.3) is 5.57 Å². The normalized spacial score (nSPS) is 33.5. The molecule has 1 aromatic rings. The number of nitrogens with one attached hydrogen (secondary N) is 2. The Labute approximate surface area is 178 Å². The summed E-state index contributed by atoms with van der Waals surface area (Å²) in [6, 6.07) is 3.31. The molecular formula is C22H22N2O7. The van der Waals surface area contributed by atoms with Gasteiger partial charge in [-0.3, -0.25) is 14.4 Å². The van der Waals surface area contributed by atoms with Crippen molar-refractivity contribution < 1.29 is 33.7 Å². The summed E-state index contributed by atoms with van der Waals surface area (Å²) in [7, 11) is 2.95. The van der Waals surface area contributed by atoms with Gasteiger partial charge in [-0.15, -0.1) is 0 Å². The third-order valence-corrected chi connectivity index (χ3v) is 6.46. The van der Waals surface area contributed by atoms with Gasteiger partial charge in [-0.1, -0.05) is 6.08 Å². The van der Waals surface area contributed by atoms with Gasteiger partial charge in [-0.05, 0) is 35.8 Å². The molecule has 4 aliphatic rings. The van der Waals surface area contributed by atoms with Crippen LogP contribution in [0.3, 0.4) is 0 Å². The van der Waals surface area contributed by atoms with E-state index < -0.39 is 35.7 Å². The Morgan fingerprint density at radius 3 is 2.65 bits per heavy atom. The fraction of sp³-hybridized carbons (Fsp3) is 0.409. The first kappa shape index (κ1) is 19.8. The highest BCUT2D eigenvalue weighted by molar-refractivity contribution is 6.10. The van der Waals surface area contributed by atoms with Crippen LogP contribution >= 0.6 is 0 Å². The van der Waals surface area contributed by atoms with Gasteiger partial charge in [-0.2, -0.15) is 0 Å². The van der Waals surface area contributed by atoms with Gasteiger partial charge in [0.25, 0.3) is 5.91 Å². The van der Waals surface area contributed by atoms with Crippen LogP contribution in [0.4, 0.5) is 0 Å². The zero-order valence-electron chi connectivity index (χ0n) is 17.2. The summed E-state index contributed by atoms with van der Waals surface area (Å²) in [5.41, 5.74) is 0.419. The molecule has 2 heterocycles. The van der Waals surface area contributed by atoms with E-state index in [1.54, 1.807) is 31.2 Å². The zero-order valence-corrected chi connectivity index (χ0v) is 17.2. The molecular weight excluding hydrogens is 404 g/mol. The Morgan fingerprint density at radius 2 is 1.94 bits per heavy atom. The molecule has 9 nitrogen and oxygen atoms in total. The molecule has 162 valence electrons. The van der Waals surface area contributed by atoms with Crippen molar-refractivity contribution in [1.82, 2.24) is 10.6 Å². The number of fused-ring (bicyclic) bond motifs is 2. The zero-order chi connectivity index (χ0) is 22.1. The molecule has 5 atom stereocenters. The molecule has 1 saturated heterocycles. The molecule has 1 spiro atoms. The number of aliphatic hydroxyl groups excluding tert-OH is 1. The van der Waals surface area contributed by atoms with Crippen LogP contribution in [-0.2, 0) is 14.3 Å². The summed E-state index contributed by atoms with van der Waals surface area (Å²) in [6.45, 7) is 1.63. The average molecular weight is 426 g/mol. The van der Waals surface area contributed by atoms with E-state index in [0.29, 0.717) is 33.8 Å².